The number of rotatable bonds is 4. The maximum absolute atomic E-state index is 11.4. The average Bonchev–Trinajstić information content (AvgIpc) is 2.85. The Morgan fingerprint density at radius 3 is 3.11 bits per heavy atom. The van der Waals surface area contributed by atoms with Crippen molar-refractivity contribution in [1.29, 1.82) is 0 Å². The molecule has 0 fully saturated rings. The fraction of sp³-hybridized carbons (Fsp3) is 0.0909. The number of hydrogen-bond donors (Lipinski definition) is 2. The monoisotopic (exact) mass is 327 g/mol. The van der Waals surface area contributed by atoms with Crippen LogP contribution in [0.4, 0.5) is 0 Å². The first kappa shape index (κ1) is 13.1. The molecule has 0 spiro atoms. The number of nitrogens with two attached hydrogens (primary N) is 1. The highest BCUT2D eigenvalue weighted by Crippen LogP contribution is 2.28. The van der Waals surface area contributed by atoms with Gasteiger partial charge >= 0.3 is 5.91 Å². The van der Waals surface area contributed by atoms with Crippen molar-refractivity contribution in [2.24, 2.45) is 5.84 Å². The summed E-state index contributed by atoms with van der Waals surface area (Å²) in [7, 11) is 0. The highest BCUT2D eigenvalue weighted by atomic mass is 79.9. The second-order valence-corrected chi connectivity index (χ2v) is 5.15. The minimum absolute atomic E-state index is 0.233. The number of carbonyl (C=O) groups is 1. The first-order valence-electron chi connectivity index (χ1n) is 5.03. The molecule has 0 radical (unpaired) electrons. The highest BCUT2D eigenvalue weighted by Gasteiger charge is 2.14. The molecule has 0 aromatic carbocycles. The van der Waals surface area contributed by atoms with Crippen LogP contribution in [0.5, 0.6) is 0 Å². The van der Waals surface area contributed by atoms with Crippen molar-refractivity contribution in [2.75, 3.05) is 0 Å². The number of nitrogen functional groups attached to an aromatic ring is 1. The molecule has 18 heavy (non-hydrogen) atoms. The van der Waals surface area contributed by atoms with Gasteiger partial charge in [-0.25, -0.2) is 10.8 Å². The third kappa shape index (κ3) is 2.92. The van der Waals surface area contributed by atoms with Crippen LogP contribution in [-0.4, -0.2) is 10.9 Å². The Labute approximate surface area is 116 Å². The summed E-state index contributed by atoms with van der Waals surface area (Å²) in [6.07, 6.45) is 3.18. The number of nitrogens with one attached hydrogen (secondary N) is 1. The third-order valence-electron chi connectivity index (χ3n) is 2.17. The third-order valence-corrected chi connectivity index (χ3v) is 4.13. The molecule has 7 heteroatoms. The van der Waals surface area contributed by atoms with Gasteiger partial charge in [0.25, 0.3) is 0 Å². The number of thioether (sulfide) groups is 1. The number of amides is 1. The molecule has 2 heterocycles. The molecule has 0 aliphatic heterocycles. The average molecular weight is 328 g/mol. The molecule has 2 aromatic rings. The summed E-state index contributed by atoms with van der Waals surface area (Å²) < 4.78 is 6.02. The van der Waals surface area contributed by atoms with Crippen molar-refractivity contribution in [2.45, 2.75) is 10.8 Å². The Bertz CT molecular complexity index is 559. The first-order valence-corrected chi connectivity index (χ1v) is 6.81. The summed E-state index contributed by atoms with van der Waals surface area (Å²) in [6.45, 7) is 0. The van der Waals surface area contributed by atoms with Gasteiger partial charge in [0.15, 0.2) is 5.76 Å². The Kier molecular flexibility index (Phi) is 4.40. The van der Waals surface area contributed by atoms with E-state index in [1.54, 1.807) is 12.3 Å². The molecule has 5 nitrogen and oxygen atoms in total. The van der Waals surface area contributed by atoms with Crippen LogP contribution in [0.15, 0.2) is 44.6 Å². The molecule has 0 saturated carbocycles. The molecule has 1 amide bonds. The van der Waals surface area contributed by atoms with Crippen LogP contribution in [-0.2, 0) is 5.75 Å². The van der Waals surface area contributed by atoms with Crippen molar-refractivity contribution in [3.8, 4) is 0 Å². The Morgan fingerprint density at radius 2 is 2.39 bits per heavy atom. The fourth-order valence-electron chi connectivity index (χ4n) is 1.34. The van der Waals surface area contributed by atoms with Gasteiger partial charge in [0.05, 0.1) is 6.26 Å². The van der Waals surface area contributed by atoms with Crippen molar-refractivity contribution in [3.05, 3.63) is 46.5 Å². The zero-order valence-corrected chi connectivity index (χ0v) is 11.6. The van der Waals surface area contributed by atoms with Gasteiger partial charge in [-0.3, -0.25) is 10.2 Å². The molecule has 3 N–H and O–H groups in total. The molecule has 0 bridgehead atoms. The number of furan rings is 1. The first-order chi connectivity index (χ1) is 8.72. The second kappa shape index (κ2) is 6.03. The smallest absolute Gasteiger partial charge is 0.301 e. The van der Waals surface area contributed by atoms with E-state index in [1.807, 2.05) is 12.1 Å². The summed E-state index contributed by atoms with van der Waals surface area (Å²) in [5.41, 5.74) is 2.83. The number of hydrazine groups is 1. The lowest BCUT2D eigenvalue weighted by Gasteiger charge is -2.03. The van der Waals surface area contributed by atoms with E-state index in [1.165, 1.54) is 18.0 Å². The molecular weight excluding hydrogens is 318 g/mol. The van der Waals surface area contributed by atoms with Gasteiger partial charge in [-0.2, -0.15) is 0 Å². The summed E-state index contributed by atoms with van der Waals surface area (Å²) in [4.78, 5) is 15.6. The van der Waals surface area contributed by atoms with Gasteiger partial charge < -0.3 is 4.42 Å². The van der Waals surface area contributed by atoms with Gasteiger partial charge in [0.2, 0.25) is 0 Å². The number of halogens is 1. The van der Waals surface area contributed by atoms with E-state index in [0.29, 0.717) is 5.75 Å². The quantitative estimate of drug-likeness (QED) is 0.390. The molecule has 0 aliphatic rings. The summed E-state index contributed by atoms with van der Waals surface area (Å²) >= 11 is 4.92. The van der Waals surface area contributed by atoms with Gasteiger partial charge in [-0.1, -0.05) is 0 Å². The Morgan fingerprint density at radius 1 is 1.56 bits per heavy atom. The van der Waals surface area contributed by atoms with Crippen molar-refractivity contribution >= 4 is 33.6 Å². The largest absolute Gasteiger partial charge is 0.459 e. The van der Waals surface area contributed by atoms with Crippen LogP contribution < -0.4 is 11.3 Å². The lowest BCUT2D eigenvalue weighted by atomic mass is 10.3. The standard InChI is InChI=1S/C11H10BrN3O2S/c12-8-2-1-4-14-11(8)18-6-7-3-5-17-9(7)10(16)15-13/h1-5H,6,13H2,(H,15,16). The molecule has 0 unspecified atom stereocenters. The predicted octanol–water partition coefficient (Wildman–Crippen LogP) is 2.33. The van der Waals surface area contributed by atoms with E-state index in [2.05, 4.69) is 26.3 Å². The molecular formula is C11H10BrN3O2S. The summed E-state index contributed by atoms with van der Waals surface area (Å²) in [5.74, 6) is 5.45. The van der Waals surface area contributed by atoms with Crippen LogP contribution in [0.3, 0.4) is 0 Å². The molecule has 2 rings (SSSR count). The van der Waals surface area contributed by atoms with Crippen LogP contribution in [0, 0.1) is 0 Å². The van der Waals surface area contributed by atoms with E-state index in [4.69, 9.17) is 10.3 Å². The van der Waals surface area contributed by atoms with Gasteiger partial charge in [-0.15, -0.1) is 11.8 Å². The van der Waals surface area contributed by atoms with E-state index in [-0.39, 0.29) is 5.76 Å². The molecule has 94 valence electrons. The highest BCUT2D eigenvalue weighted by molar-refractivity contribution is 9.10. The lowest BCUT2D eigenvalue weighted by molar-refractivity contribution is 0.0925. The SMILES string of the molecule is NNC(=O)c1occc1CSc1ncccc1Br. The number of carbonyl (C=O) groups excluding carboxylic acids is 1. The number of pyridine rings is 1. The number of nitrogens with zero attached hydrogens (tertiary/aromatic N) is 1. The summed E-state index contributed by atoms with van der Waals surface area (Å²) in [5, 5.41) is 0.859. The molecule has 0 saturated heterocycles. The normalized spacial score (nSPS) is 10.3. The van der Waals surface area contributed by atoms with Crippen LogP contribution in [0.2, 0.25) is 0 Å². The zero-order valence-electron chi connectivity index (χ0n) is 9.22. The van der Waals surface area contributed by atoms with Crippen molar-refractivity contribution in [1.82, 2.24) is 10.4 Å². The van der Waals surface area contributed by atoms with E-state index < -0.39 is 5.91 Å². The fourth-order valence-corrected chi connectivity index (χ4v) is 2.80. The maximum Gasteiger partial charge on any atom is 0.301 e. The predicted molar refractivity (Wildman–Crippen MR) is 71.9 cm³/mol. The lowest BCUT2D eigenvalue weighted by Crippen LogP contribution is -2.30. The maximum atomic E-state index is 11.4. The molecule has 0 atom stereocenters. The number of aromatic nitrogens is 1. The van der Waals surface area contributed by atoms with Crippen LogP contribution in [0.25, 0.3) is 0 Å². The van der Waals surface area contributed by atoms with Gasteiger partial charge in [0.1, 0.15) is 5.03 Å². The van der Waals surface area contributed by atoms with Crippen LogP contribution in [0.1, 0.15) is 16.1 Å². The molecule has 0 aliphatic carbocycles. The zero-order chi connectivity index (χ0) is 13.0. The Hall–Kier alpha value is -1.31. The topological polar surface area (TPSA) is 81.1 Å². The van der Waals surface area contributed by atoms with E-state index >= 15 is 0 Å². The van der Waals surface area contributed by atoms with E-state index in [9.17, 15) is 4.79 Å². The molecule has 2 aromatic heterocycles. The second-order valence-electron chi connectivity index (χ2n) is 3.33. The van der Waals surface area contributed by atoms with Crippen molar-refractivity contribution < 1.29 is 9.21 Å². The number of hydrogen-bond acceptors (Lipinski definition) is 5. The van der Waals surface area contributed by atoms with Crippen LogP contribution >= 0.6 is 27.7 Å². The Balaban J connectivity index is 2.09. The minimum Gasteiger partial charge on any atom is -0.459 e. The van der Waals surface area contributed by atoms with E-state index in [0.717, 1.165) is 15.1 Å². The minimum atomic E-state index is -0.435. The van der Waals surface area contributed by atoms with Crippen molar-refractivity contribution in [3.63, 3.8) is 0 Å². The summed E-state index contributed by atoms with van der Waals surface area (Å²) in [6, 6.07) is 5.51. The van der Waals surface area contributed by atoms with Gasteiger partial charge in [0, 0.05) is 22.0 Å². The van der Waals surface area contributed by atoms with Gasteiger partial charge in [-0.05, 0) is 34.1 Å².